The molecule has 14 heavy (non-hydrogen) atoms. The predicted octanol–water partition coefficient (Wildman–Crippen LogP) is 2.08. The lowest BCUT2D eigenvalue weighted by atomic mass is 9.97. The van der Waals surface area contributed by atoms with Crippen LogP contribution in [-0.2, 0) is 0 Å². The van der Waals surface area contributed by atoms with Crippen LogP contribution in [0, 0.1) is 0 Å². The first-order valence-corrected chi connectivity index (χ1v) is 4.22. The third-order valence-electron chi connectivity index (χ3n) is 1.94. The van der Waals surface area contributed by atoms with Crippen LogP contribution in [0.3, 0.4) is 0 Å². The Balaban J connectivity index is 2.89. The fraction of sp³-hybridized carbons (Fsp3) is 0.444. The van der Waals surface area contributed by atoms with Gasteiger partial charge in [-0.1, -0.05) is 6.07 Å². The van der Waals surface area contributed by atoms with Crippen LogP contribution < -0.4 is 5.73 Å². The van der Waals surface area contributed by atoms with Crippen molar-refractivity contribution in [1.82, 2.24) is 4.98 Å². The molecule has 0 aliphatic heterocycles. The molecule has 0 bridgehead atoms. The fourth-order valence-electron chi connectivity index (χ4n) is 1.27. The molecule has 2 N–H and O–H groups in total. The lowest BCUT2D eigenvalue weighted by Gasteiger charge is -2.19. The number of pyridine rings is 1. The van der Waals surface area contributed by atoms with Crippen molar-refractivity contribution >= 4 is 0 Å². The number of aromatic nitrogens is 1. The molecule has 5 heteroatoms. The molecule has 1 rings (SSSR count). The van der Waals surface area contributed by atoms with E-state index in [4.69, 9.17) is 5.73 Å². The lowest BCUT2D eigenvalue weighted by Crippen LogP contribution is -2.23. The molecule has 0 saturated carbocycles. The standard InChI is InChI=1S/C9H11F3N2/c10-9(11,12)8(3-4-13)7-2-1-5-14-6-7/h1-2,5-6,8H,3-4,13H2. The van der Waals surface area contributed by atoms with Crippen LogP contribution in [0.25, 0.3) is 0 Å². The topological polar surface area (TPSA) is 38.9 Å². The van der Waals surface area contributed by atoms with E-state index < -0.39 is 12.1 Å². The van der Waals surface area contributed by atoms with Crippen molar-refractivity contribution in [3.63, 3.8) is 0 Å². The molecule has 0 radical (unpaired) electrons. The molecule has 1 unspecified atom stereocenters. The average molecular weight is 204 g/mol. The molecule has 0 fully saturated rings. The van der Waals surface area contributed by atoms with Gasteiger partial charge in [0.15, 0.2) is 0 Å². The van der Waals surface area contributed by atoms with Crippen LogP contribution in [-0.4, -0.2) is 17.7 Å². The highest BCUT2D eigenvalue weighted by Crippen LogP contribution is 2.36. The van der Waals surface area contributed by atoms with Crippen LogP contribution >= 0.6 is 0 Å². The summed E-state index contributed by atoms with van der Waals surface area (Å²) in [5.41, 5.74) is 5.31. The Kier molecular flexibility index (Phi) is 3.46. The molecule has 0 spiro atoms. The molecule has 0 saturated heterocycles. The second-order valence-corrected chi connectivity index (χ2v) is 2.96. The molecule has 2 nitrogen and oxygen atoms in total. The Hall–Kier alpha value is -1.10. The molecule has 0 amide bonds. The molecular weight excluding hydrogens is 193 g/mol. The van der Waals surface area contributed by atoms with E-state index in [1.165, 1.54) is 24.5 Å². The zero-order valence-electron chi connectivity index (χ0n) is 7.46. The van der Waals surface area contributed by atoms with Crippen LogP contribution in [0.2, 0.25) is 0 Å². The number of hydrogen-bond acceptors (Lipinski definition) is 2. The maximum atomic E-state index is 12.5. The smallest absolute Gasteiger partial charge is 0.330 e. The number of nitrogens with zero attached hydrogens (tertiary/aromatic N) is 1. The molecule has 78 valence electrons. The minimum atomic E-state index is -4.25. The van der Waals surface area contributed by atoms with E-state index in [0.29, 0.717) is 0 Å². The van der Waals surface area contributed by atoms with Crippen LogP contribution in [0.4, 0.5) is 13.2 Å². The maximum Gasteiger partial charge on any atom is 0.395 e. The van der Waals surface area contributed by atoms with Crippen LogP contribution in [0.1, 0.15) is 17.9 Å². The van der Waals surface area contributed by atoms with Crippen LogP contribution in [0.5, 0.6) is 0 Å². The van der Waals surface area contributed by atoms with E-state index in [1.54, 1.807) is 0 Å². The summed E-state index contributed by atoms with van der Waals surface area (Å²) in [5, 5.41) is 0. The summed E-state index contributed by atoms with van der Waals surface area (Å²) >= 11 is 0. The van der Waals surface area contributed by atoms with Gasteiger partial charge < -0.3 is 5.73 Å². The summed E-state index contributed by atoms with van der Waals surface area (Å²) < 4.78 is 37.5. The van der Waals surface area contributed by atoms with E-state index in [2.05, 4.69) is 4.98 Å². The summed E-state index contributed by atoms with van der Waals surface area (Å²) in [6, 6.07) is 2.91. The number of rotatable bonds is 3. The number of nitrogens with two attached hydrogens (primary N) is 1. The van der Waals surface area contributed by atoms with Gasteiger partial charge in [0.05, 0.1) is 5.92 Å². The van der Waals surface area contributed by atoms with Gasteiger partial charge in [0.1, 0.15) is 0 Å². The van der Waals surface area contributed by atoms with Crippen LogP contribution in [0.15, 0.2) is 24.5 Å². The quantitative estimate of drug-likeness (QED) is 0.818. The lowest BCUT2D eigenvalue weighted by molar-refractivity contribution is -0.151. The molecule has 1 heterocycles. The SMILES string of the molecule is NCCC(c1cccnc1)C(F)(F)F. The third kappa shape index (κ3) is 2.70. The van der Waals surface area contributed by atoms with Crippen molar-refractivity contribution in [2.75, 3.05) is 6.54 Å². The highest BCUT2D eigenvalue weighted by atomic mass is 19.4. The van der Waals surface area contributed by atoms with E-state index in [0.717, 1.165) is 0 Å². The monoisotopic (exact) mass is 204 g/mol. The first-order valence-electron chi connectivity index (χ1n) is 4.22. The summed E-state index contributed by atoms with van der Waals surface area (Å²) in [4.78, 5) is 3.66. The molecule has 0 aliphatic rings. The van der Waals surface area contributed by atoms with E-state index in [-0.39, 0.29) is 18.5 Å². The zero-order chi connectivity index (χ0) is 10.6. The normalized spacial score (nSPS) is 14.0. The highest BCUT2D eigenvalue weighted by Gasteiger charge is 2.39. The summed E-state index contributed by atoms with van der Waals surface area (Å²) in [6.45, 7) is 0.0130. The third-order valence-corrected chi connectivity index (χ3v) is 1.94. The minimum Gasteiger partial charge on any atom is -0.330 e. The minimum absolute atomic E-state index is 0.0130. The molecule has 0 aromatic carbocycles. The van der Waals surface area contributed by atoms with Gasteiger partial charge >= 0.3 is 6.18 Å². The molecule has 1 aromatic rings. The van der Waals surface area contributed by atoms with Crippen molar-refractivity contribution in [1.29, 1.82) is 0 Å². The van der Waals surface area contributed by atoms with E-state index in [9.17, 15) is 13.2 Å². The fourth-order valence-corrected chi connectivity index (χ4v) is 1.27. The number of alkyl halides is 3. The Labute approximate surface area is 79.9 Å². The summed E-state index contributed by atoms with van der Waals surface area (Å²) in [6.07, 6.45) is -1.68. The highest BCUT2D eigenvalue weighted by molar-refractivity contribution is 5.16. The van der Waals surface area contributed by atoms with Gasteiger partial charge in [0.25, 0.3) is 0 Å². The van der Waals surface area contributed by atoms with Gasteiger partial charge in [-0.25, -0.2) is 0 Å². The van der Waals surface area contributed by atoms with Gasteiger partial charge in [0, 0.05) is 12.4 Å². The van der Waals surface area contributed by atoms with Crippen molar-refractivity contribution in [3.8, 4) is 0 Å². The first kappa shape index (κ1) is 11.0. The number of hydrogen-bond donors (Lipinski definition) is 1. The van der Waals surface area contributed by atoms with Gasteiger partial charge in [-0.15, -0.1) is 0 Å². The van der Waals surface area contributed by atoms with E-state index in [1.807, 2.05) is 0 Å². The van der Waals surface area contributed by atoms with Gasteiger partial charge in [-0.3, -0.25) is 4.98 Å². The summed E-state index contributed by atoms with van der Waals surface area (Å²) in [5.74, 6) is -1.50. The van der Waals surface area contributed by atoms with Gasteiger partial charge in [-0.2, -0.15) is 13.2 Å². The molecule has 0 aliphatic carbocycles. The largest absolute Gasteiger partial charge is 0.395 e. The maximum absolute atomic E-state index is 12.5. The molecular formula is C9H11F3N2. The first-order chi connectivity index (χ1) is 6.55. The Bertz CT molecular complexity index is 271. The molecule has 1 aromatic heterocycles. The Morgan fingerprint density at radius 2 is 2.14 bits per heavy atom. The van der Waals surface area contributed by atoms with E-state index >= 15 is 0 Å². The predicted molar refractivity (Wildman–Crippen MR) is 46.7 cm³/mol. The van der Waals surface area contributed by atoms with Crippen molar-refractivity contribution < 1.29 is 13.2 Å². The van der Waals surface area contributed by atoms with Crippen molar-refractivity contribution in [2.24, 2.45) is 5.73 Å². The Morgan fingerprint density at radius 3 is 2.57 bits per heavy atom. The average Bonchev–Trinajstić information content (AvgIpc) is 2.14. The van der Waals surface area contributed by atoms with Gasteiger partial charge in [-0.05, 0) is 24.6 Å². The van der Waals surface area contributed by atoms with Crippen molar-refractivity contribution in [2.45, 2.75) is 18.5 Å². The number of halogens is 3. The van der Waals surface area contributed by atoms with Gasteiger partial charge in [0.2, 0.25) is 0 Å². The Morgan fingerprint density at radius 1 is 1.43 bits per heavy atom. The second kappa shape index (κ2) is 4.41. The summed E-state index contributed by atoms with van der Waals surface area (Å²) in [7, 11) is 0. The molecule has 1 atom stereocenters. The van der Waals surface area contributed by atoms with Crippen molar-refractivity contribution in [3.05, 3.63) is 30.1 Å². The second-order valence-electron chi connectivity index (χ2n) is 2.96. The zero-order valence-corrected chi connectivity index (χ0v) is 7.46.